The van der Waals surface area contributed by atoms with Gasteiger partial charge >= 0.3 is 5.97 Å². The first-order valence-corrected chi connectivity index (χ1v) is 12.7. The predicted molar refractivity (Wildman–Crippen MR) is 134 cm³/mol. The lowest BCUT2D eigenvalue weighted by Gasteiger charge is -2.18. The molecule has 1 atom stereocenters. The Kier molecular flexibility index (Phi) is 8.19. The van der Waals surface area contributed by atoms with Gasteiger partial charge in [-0.05, 0) is 29.3 Å². The maximum atomic E-state index is 12.8. The molecule has 0 spiro atoms. The summed E-state index contributed by atoms with van der Waals surface area (Å²) in [5, 5.41) is 2.97. The molecule has 0 unspecified atom stereocenters. The number of amides is 1. The molecule has 0 saturated carbocycles. The van der Waals surface area contributed by atoms with E-state index in [2.05, 4.69) is 10.0 Å². The number of sulfonamides is 1. The molecule has 34 heavy (non-hydrogen) atoms. The number of para-hydroxylation sites is 1. The van der Waals surface area contributed by atoms with Crippen molar-refractivity contribution in [3.63, 3.8) is 0 Å². The quantitative estimate of drug-likeness (QED) is 0.424. The van der Waals surface area contributed by atoms with Gasteiger partial charge in [-0.25, -0.2) is 13.2 Å². The number of benzene rings is 3. The minimum Gasteiger partial charge on any atom is -0.467 e. The smallest absolute Gasteiger partial charge is 0.328 e. The van der Waals surface area contributed by atoms with Crippen LogP contribution in [0.5, 0.6) is 0 Å². The molecule has 0 heterocycles. The molecule has 1 amide bonds. The Hall–Kier alpha value is -3.07. The van der Waals surface area contributed by atoms with Crippen LogP contribution >= 0.6 is 23.2 Å². The summed E-state index contributed by atoms with van der Waals surface area (Å²) in [5.41, 5.74) is 2.75. The molecule has 0 saturated heterocycles. The molecular weight excluding hydrogens is 499 g/mol. The van der Waals surface area contributed by atoms with Crippen LogP contribution in [-0.4, -0.2) is 39.7 Å². The van der Waals surface area contributed by atoms with Crippen molar-refractivity contribution in [1.29, 1.82) is 0 Å². The average molecular weight is 521 g/mol. The zero-order valence-corrected chi connectivity index (χ0v) is 20.7. The summed E-state index contributed by atoms with van der Waals surface area (Å²) < 4.78 is 30.7. The lowest BCUT2D eigenvalue weighted by atomic mass is 9.99. The van der Waals surface area contributed by atoms with Gasteiger partial charge in [0.25, 0.3) is 5.91 Å². The molecule has 0 aliphatic rings. The van der Waals surface area contributed by atoms with E-state index in [1.165, 1.54) is 19.2 Å². The number of ether oxygens (including phenoxy) is 1. The Morgan fingerprint density at radius 3 is 2.15 bits per heavy atom. The van der Waals surface area contributed by atoms with E-state index in [4.69, 9.17) is 27.9 Å². The molecule has 10 heteroatoms. The minimum atomic E-state index is -3.45. The molecule has 0 fully saturated rings. The Morgan fingerprint density at radius 1 is 0.941 bits per heavy atom. The van der Waals surface area contributed by atoms with Crippen molar-refractivity contribution < 1.29 is 22.7 Å². The molecule has 0 aliphatic carbocycles. The number of esters is 1. The molecule has 3 rings (SSSR count). The summed E-state index contributed by atoms with van der Waals surface area (Å²) >= 11 is 12.2. The summed E-state index contributed by atoms with van der Waals surface area (Å²) in [6, 6.07) is 17.9. The third-order valence-electron chi connectivity index (χ3n) is 4.91. The van der Waals surface area contributed by atoms with Crippen molar-refractivity contribution in [3.8, 4) is 11.1 Å². The number of carbonyl (C=O) groups excluding carboxylic acids is 2. The fraction of sp³-hybridized carbons (Fsp3) is 0.167. The minimum absolute atomic E-state index is 0.0741. The number of halogens is 2. The van der Waals surface area contributed by atoms with Crippen LogP contribution in [0.25, 0.3) is 11.1 Å². The molecule has 7 nitrogen and oxygen atoms in total. The zero-order valence-electron chi connectivity index (χ0n) is 18.3. The molecule has 0 radical (unpaired) electrons. The Bertz CT molecular complexity index is 1290. The molecule has 0 bridgehead atoms. The first-order valence-electron chi connectivity index (χ1n) is 10.1. The summed E-state index contributed by atoms with van der Waals surface area (Å²) in [5.74, 6) is -1.22. The van der Waals surface area contributed by atoms with Gasteiger partial charge in [-0.1, -0.05) is 71.7 Å². The number of anilines is 1. The molecule has 3 aromatic carbocycles. The fourth-order valence-electron chi connectivity index (χ4n) is 3.36. The van der Waals surface area contributed by atoms with E-state index < -0.39 is 27.9 Å². The van der Waals surface area contributed by atoms with Crippen molar-refractivity contribution in [2.45, 2.75) is 12.5 Å². The second-order valence-corrected chi connectivity index (χ2v) is 10.0. The van der Waals surface area contributed by atoms with Gasteiger partial charge in [0.2, 0.25) is 10.0 Å². The second-order valence-electron chi connectivity index (χ2n) is 7.47. The molecule has 178 valence electrons. The number of nitrogens with one attached hydrogen (secondary N) is 2. The van der Waals surface area contributed by atoms with Crippen molar-refractivity contribution >= 4 is 50.8 Å². The van der Waals surface area contributed by atoms with Crippen molar-refractivity contribution in [1.82, 2.24) is 5.32 Å². The van der Waals surface area contributed by atoms with E-state index in [0.717, 1.165) is 17.4 Å². The van der Waals surface area contributed by atoms with Crippen molar-refractivity contribution in [3.05, 3.63) is 87.9 Å². The lowest BCUT2D eigenvalue weighted by molar-refractivity contribution is -0.142. The lowest BCUT2D eigenvalue weighted by Crippen LogP contribution is -2.43. The molecule has 2 N–H and O–H groups in total. The highest BCUT2D eigenvalue weighted by atomic mass is 35.5. The fourth-order valence-corrected chi connectivity index (χ4v) is 4.51. The highest BCUT2D eigenvalue weighted by Gasteiger charge is 2.25. The van der Waals surface area contributed by atoms with E-state index >= 15 is 0 Å². The van der Waals surface area contributed by atoms with E-state index in [-0.39, 0.29) is 22.0 Å². The van der Waals surface area contributed by atoms with Gasteiger partial charge in [0.05, 0.1) is 34.7 Å². The van der Waals surface area contributed by atoms with Crippen molar-refractivity contribution in [2.75, 3.05) is 18.1 Å². The highest BCUT2D eigenvalue weighted by Crippen LogP contribution is 2.29. The van der Waals surface area contributed by atoms with Crippen LogP contribution in [0.1, 0.15) is 15.9 Å². The maximum Gasteiger partial charge on any atom is 0.328 e. The van der Waals surface area contributed by atoms with Crippen molar-refractivity contribution in [2.24, 2.45) is 0 Å². The van der Waals surface area contributed by atoms with Gasteiger partial charge in [0, 0.05) is 12.0 Å². The third kappa shape index (κ3) is 6.50. The van der Waals surface area contributed by atoms with Crippen LogP contribution in [0.15, 0.2) is 66.7 Å². The molecule has 3 aromatic rings. The molecular formula is C24H22Cl2N2O5S. The van der Waals surface area contributed by atoms with Gasteiger partial charge in [0.15, 0.2) is 0 Å². The Morgan fingerprint density at radius 2 is 1.56 bits per heavy atom. The summed E-state index contributed by atoms with van der Waals surface area (Å²) in [6.45, 7) is 0. The number of methoxy groups -OCH3 is 1. The topological polar surface area (TPSA) is 102 Å². The normalized spacial score (nSPS) is 12.0. The van der Waals surface area contributed by atoms with E-state index in [9.17, 15) is 18.0 Å². The first kappa shape index (κ1) is 25.6. The largest absolute Gasteiger partial charge is 0.467 e. The van der Waals surface area contributed by atoms with E-state index in [0.29, 0.717) is 11.3 Å². The van der Waals surface area contributed by atoms with Crippen LogP contribution in [0.4, 0.5) is 5.69 Å². The van der Waals surface area contributed by atoms with Crippen LogP contribution in [-0.2, 0) is 26.0 Å². The number of rotatable bonds is 8. The van der Waals surface area contributed by atoms with Gasteiger partial charge < -0.3 is 10.1 Å². The summed E-state index contributed by atoms with van der Waals surface area (Å²) in [4.78, 5) is 25.1. The van der Waals surface area contributed by atoms with Crippen LogP contribution in [0, 0.1) is 0 Å². The van der Waals surface area contributed by atoms with Crippen LogP contribution < -0.4 is 10.0 Å². The number of carbonyl (C=O) groups is 2. The second kappa shape index (κ2) is 10.9. The van der Waals surface area contributed by atoms with Gasteiger partial charge in [-0.2, -0.15) is 0 Å². The zero-order chi connectivity index (χ0) is 24.9. The monoisotopic (exact) mass is 520 g/mol. The Balaban J connectivity index is 1.82. The van der Waals surface area contributed by atoms with Gasteiger partial charge in [0.1, 0.15) is 6.04 Å². The predicted octanol–water partition coefficient (Wildman–Crippen LogP) is 4.55. The van der Waals surface area contributed by atoms with Gasteiger partial charge in [-0.15, -0.1) is 0 Å². The van der Waals surface area contributed by atoms with Crippen LogP contribution in [0.2, 0.25) is 10.0 Å². The highest BCUT2D eigenvalue weighted by molar-refractivity contribution is 7.92. The first-order chi connectivity index (χ1) is 16.1. The average Bonchev–Trinajstić information content (AvgIpc) is 2.78. The van der Waals surface area contributed by atoms with Crippen LogP contribution in [0.3, 0.4) is 0 Å². The standard InChI is InChI=1S/C24H22Cl2N2O5S/c1-33-24(30)21(27-23(29)22-18(25)7-5-8-19(22)26)14-15-10-12-16(13-11-15)17-6-3-4-9-20(17)28-34(2,31)32/h3-13,21,28H,14H2,1-2H3,(H,27,29)/t21-/m0/s1. The maximum absolute atomic E-state index is 12.8. The molecule has 0 aliphatic heterocycles. The summed E-state index contributed by atoms with van der Waals surface area (Å²) in [7, 11) is -2.21. The SMILES string of the molecule is COC(=O)[C@H](Cc1ccc(-c2ccccc2NS(C)(=O)=O)cc1)NC(=O)c1c(Cl)cccc1Cl. The number of hydrogen-bond donors (Lipinski definition) is 2. The number of hydrogen-bond acceptors (Lipinski definition) is 5. The van der Waals surface area contributed by atoms with E-state index in [1.54, 1.807) is 54.6 Å². The van der Waals surface area contributed by atoms with E-state index in [1.807, 2.05) is 0 Å². The van der Waals surface area contributed by atoms with Gasteiger partial charge in [-0.3, -0.25) is 9.52 Å². The third-order valence-corrected chi connectivity index (χ3v) is 6.13. The summed E-state index contributed by atoms with van der Waals surface area (Å²) in [6.07, 6.45) is 1.24. The molecule has 0 aromatic heterocycles. The Labute approximate surface area is 208 Å².